The molecule has 2 heterocycles. The molecule has 178 valence electrons. The van der Waals surface area contributed by atoms with E-state index in [1.807, 2.05) is 54.6 Å². The summed E-state index contributed by atoms with van der Waals surface area (Å²) < 4.78 is 6.13. The van der Waals surface area contributed by atoms with E-state index in [2.05, 4.69) is 20.4 Å². The predicted molar refractivity (Wildman–Crippen MR) is 138 cm³/mol. The standard InChI is InChI=1S/C27H22N6O3/c1-36-27(35)19-13-11-18(12-14-19)16-30-33-24(28)22(26(34)29-15-17-7-3-2-4-8-17)23-25(33)32-21-10-6-5-9-20(21)31-23/h2-14,16H,15,28H2,1H3,(H,29,34)/b30-16-. The summed E-state index contributed by atoms with van der Waals surface area (Å²) in [7, 11) is 1.33. The molecule has 0 aliphatic rings. The molecule has 36 heavy (non-hydrogen) atoms. The summed E-state index contributed by atoms with van der Waals surface area (Å²) in [4.78, 5) is 34.3. The number of methoxy groups -OCH3 is 1. The van der Waals surface area contributed by atoms with Crippen LogP contribution in [0.15, 0.2) is 84.0 Å². The molecular formula is C27H22N6O3. The number of esters is 1. The van der Waals surface area contributed by atoms with Gasteiger partial charge in [-0.25, -0.2) is 14.8 Å². The Kier molecular flexibility index (Phi) is 6.10. The van der Waals surface area contributed by atoms with E-state index in [9.17, 15) is 9.59 Å². The molecular weight excluding hydrogens is 456 g/mol. The second-order valence-corrected chi connectivity index (χ2v) is 7.98. The Hall–Kier alpha value is -5.05. The number of amides is 1. The van der Waals surface area contributed by atoms with E-state index in [1.165, 1.54) is 11.8 Å². The lowest BCUT2D eigenvalue weighted by Crippen LogP contribution is -2.23. The van der Waals surface area contributed by atoms with Crippen LogP contribution in [-0.2, 0) is 11.3 Å². The summed E-state index contributed by atoms with van der Waals surface area (Å²) in [5, 5.41) is 7.41. The highest BCUT2D eigenvalue weighted by atomic mass is 16.5. The third-order valence-electron chi connectivity index (χ3n) is 5.65. The van der Waals surface area contributed by atoms with Gasteiger partial charge >= 0.3 is 5.97 Å². The average Bonchev–Trinajstić information content (AvgIpc) is 3.19. The van der Waals surface area contributed by atoms with E-state index in [-0.39, 0.29) is 17.3 Å². The van der Waals surface area contributed by atoms with Crippen LogP contribution in [0.25, 0.3) is 22.2 Å². The number of para-hydroxylation sites is 2. The van der Waals surface area contributed by atoms with E-state index in [1.54, 1.807) is 30.5 Å². The SMILES string of the molecule is COC(=O)c1ccc(/C=N\n2c(N)c(C(=O)NCc3ccccc3)c3nc4ccccc4nc32)cc1. The zero-order valence-corrected chi connectivity index (χ0v) is 19.4. The lowest BCUT2D eigenvalue weighted by molar-refractivity contribution is 0.0600. The number of ether oxygens (including phenoxy) is 1. The lowest BCUT2D eigenvalue weighted by Gasteiger charge is -2.05. The molecule has 0 saturated heterocycles. The number of nitrogens with zero attached hydrogens (tertiary/aromatic N) is 4. The van der Waals surface area contributed by atoms with Crippen molar-refractivity contribution in [2.75, 3.05) is 12.8 Å². The molecule has 3 N–H and O–H groups in total. The number of nitrogens with two attached hydrogens (primary N) is 1. The van der Waals surface area contributed by atoms with Crippen molar-refractivity contribution in [2.24, 2.45) is 5.10 Å². The van der Waals surface area contributed by atoms with Crippen molar-refractivity contribution in [3.63, 3.8) is 0 Å². The van der Waals surface area contributed by atoms with Crippen LogP contribution in [-0.4, -0.2) is 39.8 Å². The Bertz CT molecular complexity index is 1610. The molecule has 0 aliphatic heterocycles. The van der Waals surface area contributed by atoms with Crippen LogP contribution in [0.1, 0.15) is 31.8 Å². The largest absolute Gasteiger partial charge is 0.465 e. The fourth-order valence-corrected chi connectivity index (χ4v) is 3.80. The number of hydrogen-bond donors (Lipinski definition) is 2. The molecule has 2 aromatic heterocycles. The van der Waals surface area contributed by atoms with Crippen LogP contribution >= 0.6 is 0 Å². The van der Waals surface area contributed by atoms with Crippen LogP contribution in [0.5, 0.6) is 0 Å². The van der Waals surface area contributed by atoms with E-state index in [0.717, 1.165) is 5.56 Å². The number of fused-ring (bicyclic) bond motifs is 2. The van der Waals surface area contributed by atoms with Crippen molar-refractivity contribution in [3.8, 4) is 0 Å². The Morgan fingerprint density at radius 2 is 1.64 bits per heavy atom. The van der Waals surface area contributed by atoms with Crippen molar-refractivity contribution < 1.29 is 14.3 Å². The van der Waals surface area contributed by atoms with E-state index in [0.29, 0.717) is 39.9 Å². The highest BCUT2D eigenvalue weighted by Gasteiger charge is 2.24. The zero-order chi connectivity index (χ0) is 25.1. The number of carbonyl (C=O) groups excluding carboxylic acids is 2. The first-order valence-corrected chi connectivity index (χ1v) is 11.2. The van der Waals surface area contributed by atoms with Gasteiger partial charge in [-0.2, -0.15) is 9.78 Å². The van der Waals surface area contributed by atoms with Crippen LogP contribution in [0.2, 0.25) is 0 Å². The van der Waals surface area contributed by atoms with Gasteiger partial charge in [0.05, 0.1) is 29.9 Å². The number of aromatic nitrogens is 3. The molecule has 5 rings (SSSR count). The number of nitrogens with one attached hydrogen (secondary N) is 1. The number of benzene rings is 3. The highest BCUT2D eigenvalue weighted by molar-refractivity contribution is 6.10. The minimum atomic E-state index is -0.424. The van der Waals surface area contributed by atoms with Gasteiger partial charge in [0.25, 0.3) is 5.91 Å². The van der Waals surface area contributed by atoms with Gasteiger partial charge in [-0.3, -0.25) is 4.79 Å². The van der Waals surface area contributed by atoms with Crippen molar-refractivity contribution in [1.82, 2.24) is 20.0 Å². The topological polar surface area (TPSA) is 124 Å². The number of carbonyl (C=O) groups is 2. The molecule has 0 fully saturated rings. The zero-order valence-electron chi connectivity index (χ0n) is 19.4. The van der Waals surface area contributed by atoms with Gasteiger partial charge in [-0.05, 0) is 35.4 Å². The van der Waals surface area contributed by atoms with E-state index < -0.39 is 5.97 Å². The second kappa shape index (κ2) is 9.67. The maximum atomic E-state index is 13.2. The van der Waals surface area contributed by atoms with Gasteiger partial charge in [0.1, 0.15) is 16.9 Å². The van der Waals surface area contributed by atoms with Crippen LogP contribution in [0.4, 0.5) is 5.82 Å². The minimum Gasteiger partial charge on any atom is -0.465 e. The molecule has 1 amide bonds. The first kappa shape index (κ1) is 22.7. The molecule has 0 bridgehead atoms. The minimum absolute atomic E-state index is 0.119. The summed E-state index contributed by atoms with van der Waals surface area (Å²) >= 11 is 0. The molecule has 0 saturated carbocycles. The molecule has 9 nitrogen and oxygen atoms in total. The van der Waals surface area contributed by atoms with Crippen molar-refractivity contribution in [2.45, 2.75) is 6.54 Å². The van der Waals surface area contributed by atoms with Crippen molar-refractivity contribution >= 4 is 46.1 Å². The molecule has 5 aromatic rings. The van der Waals surface area contributed by atoms with Gasteiger partial charge in [-0.1, -0.05) is 54.6 Å². The Balaban J connectivity index is 1.55. The first-order chi connectivity index (χ1) is 17.5. The van der Waals surface area contributed by atoms with Gasteiger partial charge < -0.3 is 15.8 Å². The maximum absolute atomic E-state index is 13.2. The third kappa shape index (κ3) is 4.37. The maximum Gasteiger partial charge on any atom is 0.337 e. The molecule has 0 radical (unpaired) electrons. The van der Waals surface area contributed by atoms with Gasteiger partial charge in [0.15, 0.2) is 5.65 Å². The third-order valence-corrected chi connectivity index (χ3v) is 5.65. The predicted octanol–water partition coefficient (Wildman–Crippen LogP) is 3.77. The quantitative estimate of drug-likeness (QED) is 0.283. The van der Waals surface area contributed by atoms with Crippen LogP contribution in [0, 0.1) is 0 Å². The first-order valence-electron chi connectivity index (χ1n) is 11.2. The monoisotopic (exact) mass is 478 g/mol. The van der Waals surface area contributed by atoms with Gasteiger partial charge in [-0.15, -0.1) is 0 Å². The Morgan fingerprint density at radius 1 is 0.972 bits per heavy atom. The molecule has 3 aromatic carbocycles. The normalized spacial score (nSPS) is 11.2. The van der Waals surface area contributed by atoms with Gasteiger partial charge in [0, 0.05) is 6.54 Å². The fourth-order valence-electron chi connectivity index (χ4n) is 3.80. The van der Waals surface area contributed by atoms with Crippen LogP contribution in [0.3, 0.4) is 0 Å². The second-order valence-electron chi connectivity index (χ2n) is 7.98. The van der Waals surface area contributed by atoms with E-state index in [4.69, 9.17) is 10.5 Å². The lowest BCUT2D eigenvalue weighted by atomic mass is 10.1. The summed E-state index contributed by atoms with van der Waals surface area (Å²) in [6.07, 6.45) is 1.57. The smallest absolute Gasteiger partial charge is 0.337 e. The Labute approximate surface area is 206 Å². The summed E-state index contributed by atoms with van der Waals surface area (Å²) in [6.45, 7) is 0.336. The van der Waals surface area contributed by atoms with Crippen molar-refractivity contribution in [3.05, 3.63) is 101 Å². The highest BCUT2D eigenvalue weighted by Crippen LogP contribution is 2.28. The number of hydrogen-bond acceptors (Lipinski definition) is 7. The fraction of sp³-hybridized carbons (Fsp3) is 0.0741. The molecule has 0 atom stereocenters. The number of nitrogen functional groups attached to an aromatic ring is 1. The Morgan fingerprint density at radius 3 is 2.33 bits per heavy atom. The number of rotatable bonds is 6. The molecule has 0 aliphatic carbocycles. The van der Waals surface area contributed by atoms with Gasteiger partial charge in [0.2, 0.25) is 0 Å². The molecule has 9 heteroatoms. The van der Waals surface area contributed by atoms with E-state index >= 15 is 0 Å². The van der Waals surface area contributed by atoms with Crippen molar-refractivity contribution in [1.29, 1.82) is 0 Å². The summed E-state index contributed by atoms with van der Waals surface area (Å²) in [5.41, 5.74) is 10.8. The van der Waals surface area contributed by atoms with Crippen LogP contribution < -0.4 is 11.1 Å². The number of anilines is 1. The average molecular weight is 479 g/mol. The molecule has 0 unspecified atom stereocenters. The molecule has 0 spiro atoms. The summed E-state index contributed by atoms with van der Waals surface area (Å²) in [6, 6.07) is 23.7. The summed E-state index contributed by atoms with van der Waals surface area (Å²) in [5.74, 6) is -0.678.